The van der Waals surface area contributed by atoms with Crippen molar-refractivity contribution in [1.82, 2.24) is 20.5 Å². The van der Waals surface area contributed by atoms with Gasteiger partial charge in [0.2, 0.25) is 0 Å². The van der Waals surface area contributed by atoms with Crippen LogP contribution in [-0.4, -0.2) is 37.5 Å². The third kappa shape index (κ3) is 3.69. The van der Waals surface area contributed by atoms with Crippen LogP contribution in [-0.2, 0) is 6.61 Å². The van der Waals surface area contributed by atoms with Gasteiger partial charge >= 0.3 is 6.03 Å². The molecule has 2 amide bonds. The molecular weight excluding hydrogens is 358 g/mol. The number of aromatic nitrogens is 3. The van der Waals surface area contributed by atoms with Gasteiger partial charge in [0, 0.05) is 17.4 Å². The maximum atomic E-state index is 12.5. The first-order valence-electron chi connectivity index (χ1n) is 9.36. The van der Waals surface area contributed by atoms with Crippen LogP contribution in [0.4, 0.5) is 10.6 Å². The number of fused-ring (bicyclic) bond motifs is 1. The molecular formula is C20H23N5O3. The molecule has 0 unspecified atom stereocenters. The van der Waals surface area contributed by atoms with Crippen LogP contribution in [0.5, 0.6) is 0 Å². The molecule has 1 fully saturated rings. The standard InChI is InChI=1S/C20H23N5O3/c1-11(27)18(12-5-3-2-4-6-12)23-20(28)22-16-9-14-17(15(10-26)21-16)19(25-24-14)13-7-8-13/h2-6,9,11,13,18,26-27H,7-8,10H2,1H3,(H,24,25)(H2,21,22,23,28)/t11-,18-/m1/s1. The number of aromatic amines is 1. The van der Waals surface area contributed by atoms with E-state index in [-0.39, 0.29) is 6.61 Å². The molecule has 0 bridgehead atoms. The van der Waals surface area contributed by atoms with Crippen molar-refractivity contribution in [3.8, 4) is 0 Å². The Labute approximate surface area is 162 Å². The van der Waals surface area contributed by atoms with Crippen molar-refractivity contribution in [3.63, 3.8) is 0 Å². The van der Waals surface area contributed by atoms with Crippen LogP contribution in [0, 0.1) is 0 Å². The molecule has 0 spiro atoms. The number of hydrogen-bond acceptors (Lipinski definition) is 5. The number of amides is 2. The van der Waals surface area contributed by atoms with Crippen LogP contribution in [0.15, 0.2) is 36.4 Å². The highest BCUT2D eigenvalue weighted by atomic mass is 16.3. The van der Waals surface area contributed by atoms with Gasteiger partial charge in [-0.3, -0.25) is 10.4 Å². The van der Waals surface area contributed by atoms with Gasteiger partial charge in [-0.25, -0.2) is 9.78 Å². The van der Waals surface area contributed by atoms with Gasteiger partial charge in [0.25, 0.3) is 0 Å². The fourth-order valence-electron chi connectivity index (χ4n) is 3.42. The molecule has 3 aromatic rings. The summed E-state index contributed by atoms with van der Waals surface area (Å²) in [4.78, 5) is 16.9. The van der Waals surface area contributed by atoms with Crippen LogP contribution in [0.3, 0.4) is 0 Å². The number of anilines is 1. The maximum Gasteiger partial charge on any atom is 0.320 e. The molecule has 2 aromatic heterocycles. The highest BCUT2D eigenvalue weighted by Gasteiger charge is 2.29. The lowest BCUT2D eigenvalue weighted by molar-refractivity contribution is 0.148. The van der Waals surface area contributed by atoms with Crippen LogP contribution < -0.4 is 10.6 Å². The van der Waals surface area contributed by atoms with Crippen LogP contribution in [0.25, 0.3) is 10.9 Å². The lowest BCUT2D eigenvalue weighted by Crippen LogP contribution is -2.38. The van der Waals surface area contributed by atoms with Crippen molar-refractivity contribution in [2.24, 2.45) is 0 Å². The van der Waals surface area contributed by atoms with E-state index in [1.165, 1.54) is 0 Å². The van der Waals surface area contributed by atoms with E-state index in [2.05, 4.69) is 25.8 Å². The van der Waals surface area contributed by atoms with Gasteiger partial charge in [0.1, 0.15) is 5.82 Å². The van der Waals surface area contributed by atoms with Crippen LogP contribution >= 0.6 is 0 Å². The smallest absolute Gasteiger partial charge is 0.320 e. The molecule has 28 heavy (non-hydrogen) atoms. The Kier molecular flexibility index (Phi) is 4.97. The topological polar surface area (TPSA) is 123 Å². The van der Waals surface area contributed by atoms with Gasteiger partial charge in [0.15, 0.2) is 0 Å². The number of aliphatic hydroxyl groups is 2. The molecule has 0 saturated heterocycles. The number of hydrogen-bond donors (Lipinski definition) is 5. The van der Waals surface area contributed by atoms with E-state index in [1.807, 2.05) is 30.3 Å². The Bertz CT molecular complexity index is 982. The van der Waals surface area contributed by atoms with Crippen molar-refractivity contribution in [2.75, 3.05) is 5.32 Å². The van der Waals surface area contributed by atoms with Crippen LogP contribution in [0.2, 0.25) is 0 Å². The number of urea groups is 1. The molecule has 8 nitrogen and oxygen atoms in total. The summed E-state index contributed by atoms with van der Waals surface area (Å²) >= 11 is 0. The third-order valence-corrected chi connectivity index (χ3v) is 4.93. The molecule has 0 radical (unpaired) electrons. The molecule has 8 heteroatoms. The van der Waals surface area contributed by atoms with E-state index < -0.39 is 18.2 Å². The molecule has 1 saturated carbocycles. The number of benzene rings is 1. The molecule has 0 aliphatic heterocycles. The Balaban J connectivity index is 1.55. The lowest BCUT2D eigenvalue weighted by atomic mass is 10.0. The predicted octanol–water partition coefficient (Wildman–Crippen LogP) is 2.57. The SMILES string of the molecule is C[C@@H](O)[C@@H](NC(=O)Nc1cc2[nH]nc(C3CC3)c2c(CO)n1)c1ccccc1. The van der Waals surface area contributed by atoms with Gasteiger partial charge < -0.3 is 15.5 Å². The number of nitrogens with one attached hydrogen (secondary N) is 3. The molecule has 146 valence electrons. The van der Waals surface area contributed by atoms with Gasteiger partial charge in [0.05, 0.1) is 35.7 Å². The summed E-state index contributed by atoms with van der Waals surface area (Å²) in [5.41, 5.74) is 2.94. The monoisotopic (exact) mass is 381 g/mol. The van der Waals surface area contributed by atoms with Gasteiger partial charge in [-0.1, -0.05) is 30.3 Å². The van der Waals surface area contributed by atoms with Crippen molar-refractivity contribution in [3.05, 3.63) is 53.3 Å². The van der Waals surface area contributed by atoms with E-state index in [9.17, 15) is 15.0 Å². The minimum Gasteiger partial charge on any atom is -0.391 e. The van der Waals surface area contributed by atoms with Gasteiger partial charge in [-0.15, -0.1) is 0 Å². The second-order valence-electron chi connectivity index (χ2n) is 7.15. The summed E-state index contributed by atoms with van der Waals surface area (Å²) in [7, 11) is 0. The van der Waals surface area contributed by atoms with Crippen molar-refractivity contribution >= 4 is 22.8 Å². The zero-order chi connectivity index (χ0) is 19.7. The Morgan fingerprint density at radius 1 is 1.32 bits per heavy atom. The Morgan fingerprint density at radius 2 is 2.07 bits per heavy atom. The summed E-state index contributed by atoms with van der Waals surface area (Å²) in [6.07, 6.45) is 1.41. The first-order valence-corrected chi connectivity index (χ1v) is 9.36. The summed E-state index contributed by atoms with van der Waals surface area (Å²) in [6, 6.07) is 9.91. The molecule has 1 aliphatic rings. The second-order valence-corrected chi connectivity index (χ2v) is 7.15. The fourth-order valence-corrected chi connectivity index (χ4v) is 3.42. The number of H-pyrrole nitrogens is 1. The molecule has 4 rings (SSSR count). The largest absolute Gasteiger partial charge is 0.391 e. The quantitative estimate of drug-likeness (QED) is 0.449. The molecule has 5 N–H and O–H groups in total. The number of aliphatic hydroxyl groups excluding tert-OH is 2. The minimum atomic E-state index is -0.773. The van der Waals surface area contributed by atoms with E-state index in [0.29, 0.717) is 17.4 Å². The number of carbonyl (C=O) groups is 1. The number of nitrogens with zero attached hydrogens (tertiary/aromatic N) is 2. The first-order chi connectivity index (χ1) is 13.6. The van der Waals surface area contributed by atoms with Crippen molar-refractivity contribution in [1.29, 1.82) is 0 Å². The first kappa shape index (κ1) is 18.4. The van der Waals surface area contributed by atoms with E-state index >= 15 is 0 Å². The van der Waals surface area contributed by atoms with Gasteiger partial charge in [-0.05, 0) is 25.3 Å². The average Bonchev–Trinajstić information content (AvgIpc) is 3.45. The Morgan fingerprint density at radius 3 is 2.71 bits per heavy atom. The van der Waals surface area contributed by atoms with E-state index in [1.54, 1.807) is 13.0 Å². The summed E-state index contributed by atoms with van der Waals surface area (Å²) in [5.74, 6) is 0.720. The summed E-state index contributed by atoms with van der Waals surface area (Å²) < 4.78 is 0. The normalized spacial score (nSPS) is 16.0. The zero-order valence-corrected chi connectivity index (χ0v) is 15.5. The Hall–Kier alpha value is -2.97. The highest BCUT2D eigenvalue weighted by molar-refractivity contribution is 5.92. The molecule has 1 aromatic carbocycles. The molecule has 2 heterocycles. The molecule has 2 atom stereocenters. The molecule has 1 aliphatic carbocycles. The lowest BCUT2D eigenvalue weighted by Gasteiger charge is -2.22. The average molecular weight is 381 g/mol. The zero-order valence-electron chi connectivity index (χ0n) is 15.5. The van der Waals surface area contributed by atoms with E-state index in [4.69, 9.17) is 0 Å². The van der Waals surface area contributed by atoms with Crippen molar-refractivity contribution < 1.29 is 15.0 Å². The predicted molar refractivity (Wildman–Crippen MR) is 105 cm³/mol. The number of rotatable bonds is 6. The minimum absolute atomic E-state index is 0.243. The number of pyridine rings is 1. The van der Waals surface area contributed by atoms with Gasteiger partial charge in [-0.2, -0.15) is 5.10 Å². The summed E-state index contributed by atoms with van der Waals surface area (Å²) in [6.45, 7) is 1.38. The summed E-state index contributed by atoms with van der Waals surface area (Å²) in [5, 5.41) is 33.4. The maximum absolute atomic E-state index is 12.5. The third-order valence-electron chi connectivity index (χ3n) is 4.93. The van der Waals surface area contributed by atoms with Crippen LogP contribution in [0.1, 0.15) is 48.7 Å². The van der Waals surface area contributed by atoms with E-state index in [0.717, 1.165) is 35.0 Å². The van der Waals surface area contributed by atoms with Crippen molar-refractivity contribution in [2.45, 2.75) is 44.4 Å². The second kappa shape index (κ2) is 7.57. The fraction of sp³-hybridized carbons (Fsp3) is 0.350. The number of carbonyl (C=O) groups excluding carboxylic acids is 1. The highest BCUT2D eigenvalue weighted by Crippen LogP contribution is 2.42.